The van der Waals surface area contributed by atoms with Gasteiger partial charge < -0.3 is 4.74 Å². The summed E-state index contributed by atoms with van der Waals surface area (Å²) in [5.74, 6) is 0. The molecule has 0 aromatic rings. The molecule has 0 saturated carbocycles. The lowest BCUT2D eigenvalue weighted by atomic mass is 10.3. The Morgan fingerprint density at radius 1 is 1.44 bits per heavy atom. The molecule has 56 valence electrons. The molecule has 0 aliphatic rings. The Bertz CT molecular complexity index is 57.0. The van der Waals surface area contributed by atoms with E-state index in [1.807, 2.05) is 0 Å². The third-order valence-corrected chi connectivity index (χ3v) is 0.934. The van der Waals surface area contributed by atoms with E-state index in [9.17, 15) is 4.79 Å². The highest BCUT2D eigenvalue weighted by Gasteiger charge is 1.82. The van der Waals surface area contributed by atoms with Gasteiger partial charge in [0.1, 0.15) is 0 Å². The van der Waals surface area contributed by atoms with Crippen LogP contribution in [0.4, 0.5) is 4.70 Å². The van der Waals surface area contributed by atoms with Crippen LogP contribution in [0, 0.1) is 0 Å². The first-order valence-electron chi connectivity index (χ1n) is 2.97. The van der Waals surface area contributed by atoms with Crippen molar-refractivity contribution in [2.75, 3.05) is 6.61 Å². The van der Waals surface area contributed by atoms with Gasteiger partial charge >= 0.3 is 0 Å². The molecule has 0 bridgehead atoms. The monoisotopic (exact) mass is 136 g/mol. The fraction of sp³-hybridized carbons (Fsp3) is 0.833. The summed E-state index contributed by atoms with van der Waals surface area (Å²) in [6, 6.07) is 0. The first-order chi connectivity index (χ1) is 3.91. The second kappa shape index (κ2) is 10.4. The quantitative estimate of drug-likeness (QED) is 0.423. The molecule has 2 nitrogen and oxygen atoms in total. The molecule has 0 unspecified atom stereocenters. The van der Waals surface area contributed by atoms with Crippen LogP contribution in [0.15, 0.2) is 0 Å². The molecule has 0 atom stereocenters. The van der Waals surface area contributed by atoms with Crippen molar-refractivity contribution in [3.8, 4) is 0 Å². The SMILES string of the molecule is CCCCCOC=O.F. The average molecular weight is 136 g/mol. The fourth-order valence-electron chi connectivity index (χ4n) is 0.484. The van der Waals surface area contributed by atoms with Crippen molar-refractivity contribution < 1.29 is 14.2 Å². The fourth-order valence-corrected chi connectivity index (χ4v) is 0.484. The summed E-state index contributed by atoms with van der Waals surface area (Å²) in [5.41, 5.74) is 0. The lowest BCUT2D eigenvalue weighted by Crippen LogP contribution is -1.89. The zero-order chi connectivity index (χ0) is 6.24. The number of unbranched alkanes of at least 4 members (excludes halogenated alkanes) is 2. The van der Waals surface area contributed by atoms with Crippen LogP contribution in [-0.2, 0) is 9.53 Å². The minimum absolute atomic E-state index is 0. The molecule has 9 heavy (non-hydrogen) atoms. The average Bonchev–Trinajstić information content (AvgIpc) is 1.81. The van der Waals surface area contributed by atoms with E-state index >= 15 is 0 Å². The molecule has 0 N–H and O–H groups in total. The van der Waals surface area contributed by atoms with Gasteiger partial charge in [-0.25, -0.2) is 0 Å². The van der Waals surface area contributed by atoms with Crippen LogP contribution in [0.1, 0.15) is 26.2 Å². The molecule has 0 aliphatic carbocycles. The zero-order valence-electron chi connectivity index (χ0n) is 5.63. The standard InChI is InChI=1S/C6H12O2.FH/c1-2-3-4-5-8-6-7;/h6H,2-5H2,1H3;1H. The second-order valence-electron chi connectivity index (χ2n) is 1.67. The van der Waals surface area contributed by atoms with Gasteiger partial charge in [0.05, 0.1) is 6.61 Å². The Morgan fingerprint density at radius 3 is 2.56 bits per heavy atom. The van der Waals surface area contributed by atoms with Crippen LogP contribution >= 0.6 is 0 Å². The highest BCUT2D eigenvalue weighted by molar-refractivity contribution is 5.36. The Morgan fingerprint density at radius 2 is 2.11 bits per heavy atom. The van der Waals surface area contributed by atoms with Crippen LogP contribution in [-0.4, -0.2) is 13.1 Å². The largest absolute Gasteiger partial charge is 0.468 e. The summed E-state index contributed by atoms with van der Waals surface area (Å²) in [7, 11) is 0. The van der Waals surface area contributed by atoms with Crippen molar-refractivity contribution in [2.24, 2.45) is 0 Å². The van der Waals surface area contributed by atoms with Gasteiger partial charge in [0, 0.05) is 0 Å². The van der Waals surface area contributed by atoms with Gasteiger partial charge in [-0.2, -0.15) is 0 Å². The van der Waals surface area contributed by atoms with Gasteiger partial charge in [-0.1, -0.05) is 19.8 Å². The predicted octanol–water partition coefficient (Wildman–Crippen LogP) is 1.50. The minimum Gasteiger partial charge on any atom is -0.468 e. The molecule has 3 heteroatoms. The summed E-state index contributed by atoms with van der Waals surface area (Å²) in [4.78, 5) is 9.55. The van der Waals surface area contributed by atoms with Gasteiger partial charge in [-0.05, 0) is 6.42 Å². The Hall–Kier alpha value is -0.600. The van der Waals surface area contributed by atoms with Crippen LogP contribution in [0.3, 0.4) is 0 Å². The first-order valence-corrected chi connectivity index (χ1v) is 2.97. The second-order valence-corrected chi connectivity index (χ2v) is 1.67. The van der Waals surface area contributed by atoms with E-state index in [4.69, 9.17) is 0 Å². The molecule has 0 amide bonds. The van der Waals surface area contributed by atoms with E-state index in [1.165, 1.54) is 6.42 Å². The first kappa shape index (κ1) is 11.2. The molecule has 0 spiro atoms. The number of carbonyl (C=O) groups is 1. The highest BCUT2D eigenvalue weighted by Crippen LogP contribution is 1.91. The molecule has 0 heterocycles. The maximum atomic E-state index is 9.55. The molecule has 0 aromatic carbocycles. The highest BCUT2D eigenvalue weighted by atomic mass is 19.0. The Labute approximate surface area is 54.6 Å². The third kappa shape index (κ3) is 11.1. The van der Waals surface area contributed by atoms with Crippen LogP contribution in [0.5, 0.6) is 0 Å². The number of ether oxygens (including phenoxy) is 1. The molecule has 0 radical (unpaired) electrons. The number of hydrogen-bond acceptors (Lipinski definition) is 2. The van der Waals surface area contributed by atoms with Gasteiger partial charge in [0.25, 0.3) is 6.47 Å². The molecule has 0 saturated heterocycles. The van der Waals surface area contributed by atoms with Crippen LogP contribution in [0.2, 0.25) is 0 Å². The summed E-state index contributed by atoms with van der Waals surface area (Å²) in [6.07, 6.45) is 3.31. The van der Waals surface area contributed by atoms with Crippen molar-refractivity contribution in [1.29, 1.82) is 0 Å². The molecular formula is C6H13FO2. The van der Waals surface area contributed by atoms with Crippen LogP contribution < -0.4 is 0 Å². The summed E-state index contributed by atoms with van der Waals surface area (Å²) >= 11 is 0. The number of rotatable bonds is 5. The molecule has 0 fully saturated rings. The molecule has 0 aliphatic heterocycles. The van der Waals surface area contributed by atoms with E-state index in [0.717, 1.165) is 12.8 Å². The number of hydrogen-bond donors (Lipinski definition) is 0. The zero-order valence-corrected chi connectivity index (χ0v) is 5.63. The summed E-state index contributed by atoms with van der Waals surface area (Å²) in [5, 5.41) is 0. The number of halogens is 1. The van der Waals surface area contributed by atoms with Crippen molar-refractivity contribution in [3.63, 3.8) is 0 Å². The van der Waals surface area contributed by atoms with Crippen molar-refractivity contribution >= 4 is 6.47 Å². The van der Waals surface area contributed by atoms with Crippen LogP contribution in [0.25, 0.3) is 0 Å². The number of carbonyl (C=O) groups excluding carboxylic acids is 1. The van der Waals surface area contributed by atoms with E-state index in [1.54, 1.807) is 0 Å². The van der Waals surface area contributed by atoms with E-state index < -0.39 is 0 Å². The molecule has 0 aromatic heterocycles. The van der Waals surface area contributed by atoms with Crippen molar-refractivity contribution in [1.82, 2.24) is 0 Å². The Kier molecular flexibility index (Phi) is 13.0. The topological polar surface area (TPSA) is 26.3 Å². The van der Waals surface area contributed by atoms with Gasteiger partial charge in [-0.15, -0.1) is 0 Å². The lowest BCUT2D eigenvalue weighted by Gasteiger charge is -1.93. The maximum Gasteiger partial charge on any atom is 0.293 e. The van der Waals surface area contributed by atoms with E-state index in [2.05, 4.69) is 11.7 Å². The lowest BCUT2D eigenvalue weighted by molar-refractivity contribution is -0.128. The third-order valence-electron chi connectivity index (χ3n) is 0.934. The predicted molar refractivity (Wildman–Crippen MR) is 34.0 cm³/mol. The summed E-state index contributed by atoms with van der Waals surface area (Å²) < 4.78 is 4.46. The van der Waals surface area contributed by atoms with Gasteiger partial charge in [-0.3, -0.25) is 9.50 Å². The van der Waals surface area contributed by atoms with E-state index in [-0.39, 0.29) is 4.70 Å². The van der Waals surface area contributed by atoms with Gasteiger partial charge in [0.2, 0.25) is 0 Å². The minimum atomic E-state index is 0. The molecule has 0 rings (SSSR count). The van der Waals surface area contributed by atoms with Crippen molar-refractivity contribution in [3.05, 3.63) is 0 Å². The Balaban J connectivity index is 0. The van der Waals surface area contributed by atoms with Gasteiger partial charge in [0.15, 0.2) is 0 Å². The van der Waals surface area contributed by atoms with Crippen molar-refractivity contribution in [2.45, 2.75) is 26.2 Å². The summed E-state index contributed by atoms with van der Waals surface area (Å²) in [6.45, 7) is 3.19. The van der Waals surface area contributed by atoms with E-state index in [0.29, 0.717) is 13.1 Å². The normalized spacial score (nSPS) is 7.67. The molecular weight excluding hydrogens is 123 g/mol. The smallest absolute Gasteiger partial charge is 0.293 e. The maximum absolute atomic E-state index is 9.55.